The van der Waals surface area contributed by atoms with Crippen LogP contribution < -0.4 is 5.32 Å². The predicted octanol–water partition coefficient (Wildman–Crippen LogP) is 3.71. The van der Waals surface area contributed by atoms with Gasteiger partial charge in [-0.15, -0.1) is 24.0 Å². The first-order valence-corrected chi connectivity index (χ1v) is 11.6. The van der Waals surface area contributed by atoms with Crippen LogP contribution in [0.3, 0.4) is 0 Å². The highest BCUT2D eigenvalue weighted by atomic mass is 127. The molecule has 0 aromatic heterocycles. The molecule has 0 radical (unpaired) electrons. The second kappa shape index (κ2) is 10.3. The summed E-state index contributed by atoms with van der Waals surface area (Å²) in [7, 11) is -0.836. The molecule has 1 heterocycles. The fourth-order valence-corrected chi connectivity index (χ4v) is 5.81. The van der Waals surface area contributed by atoms with Gasteiger partial charge in [-0.3, -0.25) is 4.99 Å². The van der Waals surface area contributed by atoms with Crippen LogP contribution in [0.1, 0.15) is 37.7 Å². The molecule has 0 amide bonds. The lowest BCUT2D eigenvalue weighted by molar-refractivity contribution is 0.453. The van der Waals surface area contributed by atoms with Crippen molar-refractivity contribution in [3.63, 3.8) is 0 Å². The smallest absolute Gasteiger partial charge is 0.194 e. The van der Waals surface area contributed by atoms with E-state index in [4.69, 9.17) is 16.6 Å². The van der Waals surface area contributed by atoms with Gasteiger partial charge in [0.15, 0.2) is 15.8 Å². The second-order valence-corrected chi connectivity index (χ2v) is 10.2. The fourth-order valence-electron chi connectivity index (χ4n) is 3.74. The molecule has 1 aliphatic carbocycles. The van der Waals surface area contributed by atoms with Crippen LogP contribution in [-0.2, 0) is 16.4 Å². The van der Waals surface area contributed by atoms with Gasteiger partial charge >= 0.3 is 0 Å². The Morgan fingerprint density at radius 3 is 2.67 bits per heavy atom. The van der Waals surface area contributed by atoms with Gasteiger partial charge in [0.1, 0.15) is 0 Å². The molecule has 152 valence electrons. The van der Waals surface area contributed by atoms with E-state index in [0.29, 0.717) is 24.9 Å². The highest BCUT2D eigenvalue weighted by Gasteiger charge is 2.28. The molecule has 1 atom stereocenters. The summed E-state index contributed by atoms with van der Waals surface area (Å²) < 4.78 is 23.4. The molecule has 1 saturated heterocycles. The third-order valence-corrected chi connectivity index (χ3v) is 7.26. The predicted molar refractivity (Wildman–Crippen MR) is 123 cm³/mol. The Kier molecular flexibility index (Phi) is 8.68. The maximum atomic E-state index is 11.7. The number of benzene rings is 1. The van der Waals surface area contributed by atoms with Gasteiger partial charge in [0.25, 0.3) is 0 Å². The Labute approximate surface area is 184 Å². The third-order valence-electron chi connectivity index (χ3n) is 5.18. The van der Waals surface area contributed by atoms with Crippen molar-refractivity contribution in [3.8, 4) is 0 Å². The monoisotopic (exact) mass is 525 g/mol. The molecule has 1 aromatic carbocycles. The SMILES string of the molecule is CN(Cc1cccc(Cl)c1)C(=NCC1CCS(=O)(=O)C1)NC1CCCC1.I. The van der Waals surface area contributed by atoms with E-state index < -0.39 is 9.84 Å². The van der Waals surface area contributed by atoms with E-state index in [2.05, 4.69) is 16.3 Å². The number of aliphatic imine (C=N–C) groups is 1. The summed E-state index contributed by atoms with van der Waals surface area (Å²) >= 11 is 6.10. The zero-order valence-corrected chi connectivity index (χ0v) is 19.6. The van der Waals surface area contributed by atoms with Gasteiger partial charge in [-0.1, -0.05) is 36.6 Å². The van der Waals surface area contributed by atoms with Crippen LogP contribution in [0.5, 0.6) is 0 Å². The number of nitrogens with zero attached hydrogens (tertiary/aromatic N) is 2. The van der Waals surface area contributed by atoms with Crippen LogP contribution in [-0.4, -0.2) is 50.4 Å². The Balaban J connectivity index is 0.00000261. The summed E-state index contributed by atoms with van der Waals surface area (Å²) in [5.41, 5.74) is 1.13. The lowest BCUT2D eigenvalue weighted by atomic mass is 10.1. The van der Waals surface area contributed by atoms with Crippen molar-refractivity contribution in [3.05, 3.63) is 34.9 Å². The summed E-state index contributed by atoms with van der Waals surface area (Å²) in [6, 6.07) is 8.31. The number of hydrogen-bond donors (Lipinski definition) is 1. The van der Waals surface area contributed by atoms with Crippen molar-refractivity contribution in [1.29, 1.82) is 0 Å². The number of rotatable bonds is 5. The summed E-state index contributed by atoms with van der Waals surface area (Å²) in [4.78, 5) is 6.89. The molecule has 0 spiro atoms. The molecule has 1 unspecified atom stereocenters. The molecule has 1 saturated carbocycles. The molecule has 27 heavy (non-hydrogen) atoms. The van der Waals surface area contributed by atoms with Crippen LogP contribution in [0, 0.1) is 5.92 Å². The van der Waals surface area contributed by atoms with Crippen LogP contribution >= 0.6 is 35.6 Å². The minimum atomic E-state index is -2.86. The normalized spacial score (nSPS) is 22.4. The minimum Gasteiger partial charge on any atom is -0.354 e. The van der Waals surface area contributed by atoms with Gasteiger partial charge in [-0.2, -0.15) is 0 Å². The maximum Gasteiger partial charge on any atom is 0.194 e. The lowest BCUT2D eigenvalue weighted by Gasteiger charge is -2.26. The molecule has 8 heteroatoms. The fraction of sp³-hybridized carbons (Fsp3) is 0.632. The molecule has 3 rings (SSSR count). The summed E-state index contributed by atoms with van der Waals surface area (Å²) in [6.07, 6.45) is 5.57. The standard InChI is InChI=1S/C19H28ClN3O2S.HI/c1-23(13-15-5-4-6-17(20)11-15)19(22-18-7-2-3-8-18)21-12-16-9-10-26(24,25)14-16;/h4-6,11,16,18H,2-3,7-10,12-14H2,1H3,(H,21,22);1H. The Bertz CT molecular complexity index is 751. The van der Waals surface area contributed by atoms with Crippen molar-refractivity contribution in [2.45, 2.75) is 44.7 Å². The Hall–Kier alpha value is -0.540. The van der Waals surface area contributed by atoms with Crippen LogP contribution in [0.2, 0.25) is 5.02 Å². The number of halogens is 2. The Morgan fingerprint density at radius 1 is 1.30 bits per heavy atom. The number of sulfone groups is 1. The van der Waals surface area contributed by atoms with E-state index >= 15 is 0 Å². The maximum absolute atomic E-state index is 11.7. The molecule has 1 N–H and O–H groups in total. The lowest BCUT2D eigenvalue weighted by Crippen LogP contribution is -2.43. The Morgan fingerprint density at radius 2 is 2.04 bits per heavy atom. The summed E-state index contributed by atoms with van der Waals surface area (Å²) in [6.45, 7) is 1.27. The van der Waals surface area contributed by atoms with Gasteiger partial charge in [0, 0.05) is 31.2 Å². The van der Waals surface area contributed by atoms with Gasteiger partial charge in [0.05, 0.1) is 11.5 Å². The van der Waals surface area contributed by atoms with Crippen LogP contribution in [0.15, 0.2) is 29.3 Å². The zero-order valence-electron chi connectivity index (χ0n) is 15.7. The van der Waals surface area contributed by atoms with Crippen molar-refractivity contribution >= 4 is 51.4 Å². The van der Waals surface area contributed by atoms with Gasteiger partial charge in [-0.05, 0) is 42.9 Å². The van der Waals surface area contributed by atoms with Crippen molar-refractivity contribution < 1.29 is 8.42 Å². The average Bonchev–Trinajstić information content (AvgIpc) is 3.20. The number of guanidine groups is 1. The largest absolute Gasteiger partial charge is 0.354 e. The summed E-state index contributed by atoms with van der Waals surface area (Å²) in [5.74, 6) is 1.57. The molecule has 5 nitrogen and oxygen atoms in total. The first kappa shape index (κ1) is 22.7. The second-order valence-electron chi connectivity index (χ2n) is 7.55. The van der Waals surface area contributed by atoms with Crippen molar-refractivity contribution in [1.82, 2.24) is 10.2 Å². The number of nitrogens with one attached hydrogen (secondary N) is 1. The van der Waals surface area contributed by atoms with Crippen LogP contribution in [0.4, 0.5) is 0 Å². The number of hydrogen-bond acceptors (Lipinski definition) is 3. The average molecular weight is 526 g/mol. The quantitative estimate of drug-likeness (QED) is 0.362. The van der Waals surface area contributed by atoms with Crippen molar-refractivity contribution in [2.75, 3.05) is 25.1 Å². The molecule has 0 bridgehead atoms. The first-order valence-electron chi connectivity index (χ1n) is 9.38. The van der Waals surface area contributed by atoms with E-state index in [1.165, 1.54) is 25.7 Å². The topological polar surface area (TPSA) is 61.8 Å². The first-order chi connectivity index (χ1) is 12.4. The highest BCUT2D eigenvalue weighted by molar-refractivity contribution is 14.0. The van der Waals surface area contributed by atoms with E-state index in [9.17, 15) is 8.42 Å². The molecule has 2 fully saturated rings. The third kappa shape index (κ3) is 7.09. The van der Waals surface area contributed by atoms with Gasteiger partial charge < -0.3 is 10.2 Å². The molecular weight excluding hydrogens is 497 g/mol. The molecule has 1 aliphatic heterocycles. The summed E-state index contributed by atoms with van der Waals surface area (Å²) in [5, 5.41) is 4.32. The van der Waals surface area contributed by atoms with E-state index in [0.717, 1.165) is 23.0 Å². The highest BCUT2D eigenvalue weighted by Crippen LogP contribution is 2.20. The van der Waals surface area contributed by atoms with E-state index in [1.807, 2.05) is 25.2 Å². The molecular formula is C19H29ClIN3O2S. The van der Waals surface area contributed by atoms with E-state index in [1.54, 1.807) is 0 Å². The molecule has 1 aromatic rings. The van der Waals surface area contributed by atoms with Crippen LogP contribution in [0.25, 0.3) is 0 Å². The van der Waals surface area contributed by atoms with E-state index in [-0.39, 0.29) is 35.6 Å². The zero-order chi connectivity index (χ0) is 18.6. The van der Waals surface area contributed by atoms with Gasteiger partial charge in [0.2, 0.25) is 0 Å². The molecule has 2 aliphatic rings. The van der Waals surface area contributed by atoms with Gasteiger partial charge in [-0.25, -0.2) is 8.42 Å². The minimum absolute atomic E-state index is 0. The van der Waals surface area contributed by atoms with Crippen molar-refractivity contribution in [2.24, 2.45) is 10.9 Å².